The normalized spacial score (nSPS) is 19.3. The molecule has 98 valence electrons. The summed E-state index contributed by atoms with van der Waals surface area (Å²) in [4.78, 5) is 11.0. The van der Waals surface area contributed by atoms with Crippen LogP contribution in [0.5, 0.6) is 0 Å². The topological polar surface area (TPSA) is 57.5 Å². The third kappa shape index (κ3) is 1.96. The zero-order valence-corrected chi connectivity index (χ0v) is 9.24. The molecule has 1 aliphatic rings. The molecule has 2 rings (SSSR count). The highest BCUT2D eigenvalue weighted by Crippen LogP contribution is 2.56. The van der Waals surface area contributed by atoms with Crippen molar-refractivity contribution in [3.8, 4) is 0 Å². The number of alkyl halides is 3. The Morgan fingerprint density at radius 3 is 2.28 bits per heavy atom. The Morgan fingerprint density at radius 1 is 1.28 bits per heavy atom. The van der Waals surface area contributed by atoms with Crippen molar-refractivity contribution in [2.24, 2.45) is 5.41 Å². The Balaban J connectivity index is 2.43. The first-order valence-electron chi connectivity index (χ1n) is 5.36. The van der Waals surface area contributed by atoms with Crippen LogP contribution in [0.15, 0.2) is 24.3 Å². The molecule has 1 aromatic carbocycles. The van der Waals surface area contributed by atoms with Gasteiger partial charge in [-0.3, -0.25) is 4.79 Å². The van der Waals surface area contributed by atoms with Crippen molar-refractivity contribution >= 4 is 5.97 Å². The highest BCUT2D eigenvalue weighted by molar-refractivity contribution is 5.79. The molecule has 2 N–H and O–H groups in total. The first-order valence-corrected chi connectivity index (χ1v) is 5.36. The summed E-state index contributed by atoms with van der Waals surface area (Å²) in [7, 11) is 0. The Bertz CT molecular complexity index is 478. The second-order valence-corrected chi connectivity index (χ2v) is 4.45. The van der Waals surface area contributed by atoms with Crippen molar-refractivity contribution in [1.29, 1.82) is 0 Å². The molecule has 1 saturated carbocycles. The van der Waals surface area contributed by atoms with Gasteiger partial charge in [0.2, 0.25) is 0 Å². The zero-order valence-electron chi connectivity index (χ0n) is 9.24. The molecule has 1 atom stereocenters. The van der Waals surface area contributed by atoms with E-state index in [2.05, 4.69) is 0 Å². The average molecular weight is 260 g/mol. The zero-order chi connectivity index (χ0) is 13.6. The number of aliphatic hydroxyl groups excluding tert-OH is 1. The van der Waals surface area contributed by atoms with E-state index in [0.717, 1.165) is 12.1 Å². The van der Waals surface area contributed by atoms with Gasteiger partial charge in [-0.05, 0) is 24.5 Å². The lowest BCUT2D eigenvalue weighted by Gasteiger charge is -2.22. The molecule has 0 saturated heterocycles. The van der Waals surface area contributed by atoms with Crippen LogP contribution in [0.1, 0.15) is 30.1 Å². The van der Waals surface area contributed by atoms with E-state index in [1.165, 1.54) is 12.1 Å². The number of halogens is 3. The van der Waals surface area contributed by atoms with Crippen LogP contribution in [0.4, 0.5) is 13.2 Å². The number of rotatable bonds is 3. The molecular formula is C12H11F3O3. The number of benzene rings is 1. The Morgan fingerprint density at radius 2 is 1.83 bits per heavy atom. The van der Waals surface area contributed by atoms with Crippen molar-refractivity contribution < 1.29 is 28.2 Å². The van der Waals surface area contributed by atoms with E-state index in [-0.39, 0.29) is 18.4 Å². The molecule has 18 heavy (non-hydrogen) atoms. The predicted molar refractivity (Wildman–Crippen MR) is 55.7 cm³/mol. The minimum atomic E-state index is -4.61. The Labute approximate surface area is 101 Å². The number of carbonyl (C=O) groups is 1. The van der Waals surface area contributed by atoms with Gasteiger partial charge in [-0.15, -0.1) is 0 Å². The van der Waals surface area contributed by atoms with Crippen LogP contribution >= 0.6 is 0 Å². The fraction of sp³-hybridized carbons (Fsp3) is 0.417. The van der Waals surface area contributed by atoms with Gasteiger partial charge in [-0.25, -0.2) is 0 Å². The lowest BCUT2D eigenvalue weighted by Crippen LogP contribution is -2.25. The van der Waals surface area contributed by atoms with Crippen molar-refractivity contribution in [2.45, 2.75) is 25.1 Å². The smallest absolute Gasteiger partial charge is 0.416 e. The molecule has 0 aromatic heterocycles. The van der Waals surface area contributed by atoms with E-state index in [4.69, 9.17) is 5.11 Å². The molecule has 6 heteroatoms. The second kappa shape index (κ2) is 3.98. The average Bonchev–Trinajstić information content (AvgIpc) is 3.08. The van der Waals surface area contributed by atoms with Gasteiger partial charge in [0.05, 0.1) is 17.1 Å². The van der Waals surface area contributed by atoms with Gasteiger partial charge in [0, 0.05) is 0 Å². The summed E-state index contributed by atoms with van der Waals surface area (Å²) >= 11 is 0. The van der Waals surface area contributed by atoms with Crippen LogP contribution < -0.4 is 0 Å². The second-order valence-electron chi connectivity index (χ2n) is 4.45. The summed E-state index contributed by atoms with van der Waals surface area (Å²) in [5, 5.41) is 18.9. The molecule has 3 nitrogen and oxygen atoms in total. The molecule has 0 spiro atoms. The SMILES string of the molecule is O=C(O)C1(C(O)c2ccccc2C(F)(F)F)CC1. The largest absolute Gasteiger partial charge is 0.481 e. The Hall–Kier alpha value is -1.56. The standard InChI is InChI=1S/C12H11F3O3/c13-12(14,15)8-4-2-1-3-7(8)9(16)11(5-6-11)10(17)18/h1-4,9,16H,5-6H2,(H,17,18). The number of carboxylic acids is 1. The van der Waals surface area contributed by atoms with Gasteiger partial charge in [0.1, 0.15) is 0 Å². The fourth-order valence-corrected chi connectivity index (χ4v) is 2.03. The summed E-state index contributed by atoms with van der Waals surface area (Å²) in [6.45, 7) is 0. The maximum Gasteiger partial charge on any atom is 0.416 e. The predicted octanol–water partition coefficient (Wildman–Crippen LogP) is 2.60. The van der Waals surface area contributed by atoms with E-state index < -0.39 is 29.2 Å². The molecule has 0 aliphatic heterocycles. The van der Waals surface area contributed by atoms with Gasteiger partial charge < -0.3 is 10.2 Å². The van der Waals surface area contributed by atoms with Gasteiger partial charge in [-0.2, -0.15) is 13.2 Å². The van der Waals surface area contributed by atoms with Crippen LogP contribution in [0, 0.1) is 5.41 Å². The van der Waals surface area contributed by atoms with Crippen LogP contribution in [0.25, 0.3) is 0 Å². The van der Waals surface area contributed by atoms with Gasteiger partial charge in [0.25, 0.3) is 0 Å². The first-order chi connectivity index (χ1) is 8.29. The monoisotopic (exact) mass is 260 g/mol. The maximum atomic E-state index is 12.8. The number of aliphatic carboxylic acids is 1. The molecule has 1 aromatic rings. The third-order valence-corrected chi connectivity index (χ3v) is 3.30. The molecule has 1 unspecified atom stereocenters. The van der Waals surface area contributed by atoms with E-state index in [1.807, 2.05) is 0 Å². The van der Waals surface area contributed by atoms with Crippen molar-refractivity contribution in [3.63, 3.8) is 0 Å². The summed E-state index contributed by atoms with van der Waals surface area (Å²) < 4.78 is 38.3. The minimum Gasteiger partial charge on any atom is -0.481 e. The highest BCUT2D eigenvalue weighted by atomic mass is 19.4. The quantitative estimate of drug-likeness (QED) is 0.878. The lowest BCUT2D eigenvalue weighted by atomic mass is 9.89. The molecule has 1 aliphatic carbocycles. The number of hydrogen-bond acceptors (Lipinski definition) is 2. The molecule has 1 fully saturated rings. The van der Waals surface area contributed by atoms with Crippen LogP contribution in [0.3, 0.4) is 0 Å². The fourth-order valence-electron chi connectivity index (χ4n) is 2.03. The summed E-state index contributed by atoms with van der Waals surface area (Å²) in [6, 6.07) is 4.53. The van der Waals surface area contributed by atoms with E-state index in [9.17, 15) is 23.1 Å². The van der Waals surface area contributed by atoms with Crippen LogP contribution in [0.2, 0.25) is 0 Å². The van der Waals surface area contributed by atoms with E-state index in [1.54, 1.807) is 0 Å². The molecule has 0 radical (unpaired) electrons. The van der Waals surface area contributed by atoms with Crippen LogP contribution in [-0.4, -0.2) is 16.2 Å². The minimum absolute atomic E-state index is 0.190. The first kappa shape index (κ1) is 12.9. The summed E-state index contributed by atoms with van der Waals surface area (Å²) in [5.41, 5.74) is -2.81. The van der Waals surface area contributed by atoms with Gasteiger partial charge in [0.15, 0.2) is 0 Å². The highest BCUT2D eigenvalue weighted by Gasteiger charge is 2.57. The van der Waals surface area contributed by atoms with Gasteiger partial charge >= 0.3 is 12.1 Å². The Kier molecular flexibility index (Phi) is 2.85. The maximum absolute atomic E-state index is 12.8. The lowest BCUT2D eigenvalue weighted by molar-refractivity contribution is -0.150. The summed E-state index contributed by atoms with van der Waals surface area (Å²) in [5.74, 6) is -1.26. The molecule has 0 bridgehead atoms. The van der Waals surface area contributed by atoms with Crippen LogP contribution in [-0.2, 0) is 11.0 Å². The van der Waals surface area contributed by atoms with E-state index in [0.29, 0.717) is 0 Å². The summed E-state index contributed by atoms with van der Waals surface area (Å²) in [6.07, 6.45) is -5.86. The van der Waals surface area contributed by atoms with Crippen molar-refractivity contribution in [2.75, 3.05) is 0 Å². The molecule has 0 amide bonds. The molecule has 0 heterocycles. The van der Waals surface area contributed by atoms with Crippen molar-refractivity contribution in [1.82, 2.24) is 0 Å². The number of carboxylic acid groups (broad SMARTS) is 1. The van der Waals surface area contributed by atoms with Crippen molar-refractivity contribution in [3.05, 3.63) is 35.4 Å². The number of aliphatic hydroxyl groups is 1. The third-order valence-electron chi connectivity index (χ3n) is 3.30. The van der Waals surface area contributed by atoms with E-state index >= 15 is 0 Å². The number of hydrogen-bond donors (Lipinski definition) is 2. The van der Waals surface area contributed by atoms with Gasteiger partial charge in [-0.1, -0.05) is 18.2 Å². The molecular weight excluding hydrogens is 249 g/mol.